The van der Waals surface area contributed by atoms with Gasteiger partial charge in [-0.3, -0.25) is 4.79 Å². The van der Waals surface area contributed by atoms with Crippen LogP contribution in [-0.4, -0.2) is 44.3 Å². The fraction of sp³-hybridized carbons (Fsp3) is 0.222. The van der Waals surface area contributed by atoms with E-state index in [1.165, 1.54) is 31.5 Å². The number of anilines is 1. The van der Waals surface area contributed by atoms with E-state index in [-0.39, 0.29) is 23.8 Å². The molecule has 3 rings (SSSR count). The number of nitrogens with zero attached hydrogens (tertiary/aromatic N) is 2. The molecule has 0 saturated carbocycles. The van der Waals surface area contributed by atoms with Crippen LogP contribution in [0.25, 0.3) is 10.2 Å². The first-order valence-electron chi connectivity index (χ1n) is 8.17. The largest absolute Gasteiger partial charge is 0.493 e. The molecule has 0 spiro atoms. The van der Waals surface area contributed by atoms with Gasteiger partial charge in [0.25, 0.3) is 0 Å². The summed E-state index contributed by atoms with van der Waals surface area (Å²) in [6.45, 7) is 0.256. The fourth-order valence-corrected chi connectivity index (χ4v) is 4.21. The number of rotatable bonds is 7. The van der Waals surface area contributed by atoms with Crippen molar-refractivity contribution in [2.45, 2.75) is 11.3 Å². The van der Waals surface area contributed by atoms with Crippen molar-refractivity contribution in [1.82, 2.24) is 9.29 Å². The molecule has 0 radical (unpaired) electrons. The molecule has 0 bridgehead atoms. The molecule has 7 nitrogen and oxygen atoms in total. The summed E-state index contributed by atoms with van der Waals surface area (Å²) >= 11 is 1.23. The maximum absolute atomic E-state index is 12.2. The molecular formula is C18H19N3O4S2. The van der Waals surface area contributed by atoms with Crippen LogP contribution < -0.4 is 10.1 Å². The van der Waals surface area contributed by atoms with Gasteiger partial charge < -0.3 is 10.1 Å². The molecule has 0 saturated heterocycles. The van der Waals surface area contributed by atoms with E-state index in [1.807, 2.05) is 30.3 Å². The number of thiazole rings is 1. The SMILES string of the molecule is CN(C)S(=O)(=O)c1ccc2nc(NC(=O)CCOc3ccccc3)sc2c1. The van der Waals surface area contributed by atoms with Gasteiger partial charge in [-0.2, -0.15) is 0 Å². The highest BCUT2D eigenvalue weighted by Crippen LogP contribution is 2.28. The summed E-state index contributed by atoms with van der Waals surface area (Å²) in [4.78, 5) is 16.6. The Hall–Kier alpha value is -2.49. The van der Waals surface area contributed by atoms with Crippen molar-refractivity contribution in [3.05, 3.63) is 48.5 Å². The summed E-state index contributed by atoms with van der Waals surface area (Å²) in [7, 11) is -0.549. The average Bonchev–Trinajstić information content (AvgIpc) is 3.03. The third kappa shape index (κ3) is 4.62. The molecule has 0 aliphatic carbocycles. The molecule has 1 heterocycles. The first-order chi connectivity index (χ1) is 12.9. The quantitative estimate of drug-likeness (QED) is 0.653. The molecule has 0 aliphatic rings. The Balaban J connectivity index is 1.64. The summed E-state index contributed by atoms with van der Waals surface area (Å²) in [5, 5.41) is 3.15. The van der Waals surface area contributed by atoms with Gasteiger partial charge >= 0.3 is 0 Å². The minimum absolute atomic E-state index is 0.186. The number of benzene rings is 2. The van der Waals surface area contributed by atoms with E-state index in [0.717, 1.165) is 4.31 Å². The maximum Gasteiger partial charge on any atom is 0.242 e. The first-order valence-corrected chi connectivity index (χ1v) is 10.4. The number of sulfonamides is 1. The molecule has 1 amide bonds. The van der Waals surface area contributed by atoms with Crippen molar-refractivity contribution in [2.24, 2.45) is 0 Å². The van der Waals surface area contributed by atoms with E-state index in [0.29, 0.717) is 21.1 Å². The van der Waals surface area contributed by atoms with E-state index < -0.39 is 10.0 Å². The van der Waals surface area contributed by atoms with Crippen molar-refractivity contribution in [1.29, 1.82) is 0 Å². The molecule has 1 aromatic heterocycles. The summed E-state index contributed by atoms with van der Waals surface area (Å²) in [6, 6.07) is 14.0. The number of carbonyl (C=O) groups is 1. The van der Waals surface area contributed by atoms with E-state index in [2.05, 4.69) is 10.3 Å². The fourth-order valence-electron chi connectivity index (χ4n) is 2.29. The summed E-state index contributed by atoms with van der Waals surface area (Å²) in [5.74, 6) is 0.492. The van der Waals surface area contributed by atoms with Crippen molar-refractivity contribution in [2.75, 3.05) is 26.0 Å². The van der Waals surface area contributed by atoms with Crippen LogP contribution in [0.5, 0.6) is 5.75 Å². The zero-order valence-electron chi connectivity index (χ0n) is 14.9. The summed E-state index contributed by atoms with van der Waals surface area (Å²) in [5.41, 5.74) is 0.633. The lowest BCUT2D eigenvalue weighted by molar-refractivity contribution is -0.116. The zero-order valence-corrected chi connectivity index (χ0v) is 16.5. The second-order valence-electron chi connectivity index (χ2n) is 5.90. The lowest BCUT2D eigenvalue weighted by Gasteiger charge is -2.10. The number of hydrogen-bond donors (Lipinski definition) is 1. The molecule has 2 aromatic carbocycles. The number of para-hydroxylation sites is 1. The number of amides is 1. The molecule has 0 atom stereocenters. The second kappa shape index (κ2) is 8.03. The molecule has 142 valence electrons. The van der Waals surface area contributed by atoms with Gasteiger partial charge in [0, 0.05) is 14.1 Å². The van der Waals surface area contributed by atoms with Crippen LogP contribution in [0.1, 0.15) is 6.42 Å². The van der Waals surface area contributed by atoms with Gasteiger partial charge in [-0.05, 0) is 30.3 Å². The van der Waals surface area contributed by atoms with Crippen LogP contribution in [0.4, 0.5) is 5.13 Å². The minimum atomic E-state index is -3.51. The Bertz CT molecular complexity index is 1050. The van der Waals surface area contributed by atoms with Gasteiger partial charge in [0.15, 0.2) is 5.13 Å². The highest BCUT2D eigenvalue weighted by molar-refractivity contribution is 7.89. The predicted molar refractivity (Wildman–Crippen MR) is 106 cm³/mol. The number of ether oxygens (including phenoxy) is 1. The van der Waals surface area contributed by atoms with Crippen LogP contribution in [0, 0.1) is 0 Å². The van der Waals surface area contributed by atoms with Crippen LogP contribution in [0.2, 0.25) is 0 Å². The van der Waals surface area contributed by atoms with Gasteiger partial charge in [0.2, 0.25) is 15.9 Å². The monoisotopic (exact) mass is 405 g/mol. The van der Waals surface area contributed by atoms with Gasteiger partial charge in [0.1, 0.15) is 5.75 Å². The molecular weight excluding hydrogens is 386 g/mol. The molecule has 27 heavy (non-hydrogen) atoms. The maximum atomic E-state index is 12.2. The van der Waals surface area contributed by atoms with E-state index >= 15 is 0 Å². The van der Waals surface area contributed by atoms with Crippen molar-refractivity contribution in [3.63, 3.8) is 0 Å². The Morgan fingerprint density at radius 2 is 1.93 bits per heavy atom. The number of aromatic nitrogens is 1. The lowest BCUT2D eigenvalue weighted by atomic mass is 10.3. The Morgan fingerprint density at radius 3 is 2.63 bits per heavy atom. The smallest absolute Gasteiger partial charge is 0.242 e. The molecule has 9 heteroatoms. The van der Waals surface area contributed by atoms with Crippen molar-refractivity contribution in [3.8, 4) is 5.75 Å². The minimum Gasteiger partial charge on any atom is -0.493 e. The molecule has 0 fully saturated rings. The van der Waals surface area contributed by atoms with E-state index in [4.69, 9.17) is 4.74 Å². The highest BCUT2D eigenvalue weighted by atomic mass is 32.2. The number of carbonyl (C=O) groups excluding carboxylic acids is 1. The second-order valence-corrected chi connectivity index (χ2v) is 9.08. The molecule has 0 unspecified atom stereocenters. The predicted octanol–water partition coefficient (Wildman–Crippen LogP) is 2.95. The van der Waals surface area contributed by atoms with Crippen LogP contribution >= 0.6 is 11.3 Å². The number of nitrogens with one attached hydrogen (secondary N) is 1. The summed E-state index contributed by atoms with van der Waals surface area (Å²) in [6.07, 6.45) is 0.186. The molecule has 3 aromatic rings. The van der Waals surface area contributed by atoms with Crippen LogP contribution in [0.15, 0.2) is 53.4 Å². The van der Waals surface area contributed by atoms with Gasteiger partial charge in [-0.15, -0.1) is 0 Å². The Labute approximate surface area is 161 Å². The Kier molecular flexibility index (Phi) is 5.73. The van der Waals surface area contributed by atoms with E-state index in [9.17, 15) is 13.2 Å². The van der Waals surface area contributed by atoms with Crippen molar-refractivity contribution < 1.29 is 17.9 Å². The highest BCUT2D eigenvalue weighted by Gasteiger charge is 2.18. The van der Waals surface area contributed by atoms with Crippen LogP contribution in [0.3, 0.4) is 0 Å². The summed E-state index contributed by atoms with van der Waals surface area (Å²) < 4.78 is 31.8. The van der Waals surface area contributed by atoms with Crippen LogP contribution in [-0.2, 0) is 14.8 Å². The third-order valence-corrected chi connectivity index (χ3v) is 6.47. The first kappa shape index (κ1) is 19.3. The van der Waals surface area contributed by atoms with E-state index in [1.54, 1.807) is 12.1 Å². The van der Waals surface area contributed by atoms with Crippen molar-refractivity contribution >= 4 is 42.6 Å². The normalized spacial score (nSPS) is 11.7. The topological polar surface area (TPSA) is 88.6 Å². The van der Waals surface area contributed by atoms with Gasteiger partial charge in [-0.25, -0.2) is 17.7 Å². The number of fused-ring (bicyclic) bond motifs is 1. The average molecular weight is 406 g/mol. The third-order valence-electron chi connectivity index (χ3n) is 3.73. The number of hydrogen-bond acceptors (Lipinski definition) is 6. The van der Waals surface area contributed by atoms with Gasteiger partial charge in [0.05, 0.1) is 28.1 Å². The molecule has 1 N–H and O–H groups in total. The molecule has 0 aliphatic heterocycles. The zero-order chi connectivity index (χ0) is 19.4. The standard InChI is InChI=1S/C18H19N3O4S2/c1-21(2)27(23,24)14-8-9-15-16(12-14)26-18(19-15)20-17(22)10-11-25-13-6-4-3-5-7-13/h3-9,12H,10-11H2,1-2H3,(H,19,20,22). The van der Waals surface area contributed by atoms with Gasteiger partial charge in [-0.1, -0.05) is 29.5 Å². The lowest BCUT2D eigenvalue weighted by Crippen LogP contribution is -2.22. The Morgan fingerprint density at radius 1 is 1.19 bits per heavy atom.